The Labute approximate surface area is 127 Å². The van der Waals surface area contributed by atoms with Crippen LogP contribution in [0.2, 0.25) is 0 Å². The molecular weight excluding hydrogens is 321 g/mol. The van der Waals surface area contributed by atoms with Crippen molar-refractivity contribution in [3.8, 4) is 0 Å². The number of nitrogens with one attached hydrogen (secondary N) is 1. The van der Waals surface area contributed by atoms with Gasteiger partial charge in [0.15, 0.2) is 0 Å². The van der Waals surface area contributed by atoms with E-state index in [1.807, 2.05) is 19.2 Å². The van der Waals surface area contributed by atoms with Crippen molar-refractivity contribution in [1.29, 1.82) is 0 Å². The van der Waals surface area contributed by atoms with Gasteiger partial charge in [-0.25, -0.2) is 9.37 Å². The maximum atomic E-state index is 14.2. The Morgan fingerprint density at radius 3 is 2.85 bits per heavy atom. The summed E-state index contributed by atoms with van der Waals surface area (Å²) in [5.74, 6) is 0.631. The third kappa shape index (κ3) is 3.27. The van der Waals surface area contributed by atoms with Crippen LogP contribution in [-0.2, 0) is 6.54 Å². The van der Waals surface area contributed by atoms with Gasteiger partial charge in [-0.05, 0) is 25.1 Å². The van der Waals surface area contributed by atoms with E-state index in [0.717, 1.165) is 29.8 Å². The van der Waals surface area contributed by atoms with Crippen molar-refractivity contribution < 1.29 is 4.39 Å². The highest BCUT2D eigenvalue weighted by Crippen LogP contribution is 2.26. The molecule has 1 aromatic heterocycles. The number of nitrogens with zero attached hydrogens (tertiary/aromatic N) is 2. The molecular formula is C15H19BrFN3. The van der Waals surface area contributed by atoms with Gasteiger partial charge in [0.05, 0.1) is 6.04 Å². The molecule has 1 heterocycles. The summed E-state index contributed by atoms with van der Waals surface area (Å²) < 4.78 is 17.0. The van der Waals surface area contributed by atoms with Crippen LogP contribution in [0.15, 0.2) is 35.1 Å². The fourth-order valence-electron chi connectivity index (χ4n) is 2.29. The van der Waals surface area contributed by atoms with Crippen LogP contribution in [-0.4, -0.2) is 16.1 Å². The van der Waals surface area contributed by atoms with Crippen LogP contribution >= 0.6 is 15.9 Å². The molecule has 0 fully saturated rings. The zero-order valence-electron chi connectivity index (χ0n) is 11.7. The molecule has 0 spiro atoms. The van der Waals surface area contributed by atoms with Crippen molar-refractivity contribution in [2.24, 2.45) is 0 Å². The number of hydrogen-bond donors (Lipinski definition) is 1. The Bertz CT molecular complexity index is 568. The third-order valence-corrected chi connectivity index (χ3v) is 3.65. The van der Waals surface area contributed by atoms with E-state index in [-0.39, 0.29) is 11.9 Å². The van der Waals surface area contributed by atoms with Crippen LogP contribution in [0.5, 0.6) is 0 Å². The monoisotopic (exact) mass is 339 g/mol. The molecule has 0 saturated carbocycles. The lowest BCUT2D eigenvalue weighted by molar-refractivity contribution is 0.514. The van der Waals surface area contributed by atoms with E-state index in [1.54, 1.807) is 12.3 Å². The van der Waals surface area contributed by atoms with Gasteiger partial charge in [-0.15, -0.1) is 0 Å². The van der Waals surface area contributed by atoms with E-state index in [1.165, 1.54) is 6.07 Å². The second-order valence-corrected chi connectivity index (χ2v) is 5.55. The Balaban J connectivity index is 2.42. The minimum absolute atomic E-state index is 0.226. The molecule has 3 nitrogen and oxygen atoms in total. The summed E-state index contributed by atoms with van der Waals surface area (Å²) >= 11 is 3.29. The second-order valence-electron chi connectivity index (χ2n) is 4.64. The molecule has 0 radical (unpaired) electrons. The largest absolute Gasteiger partial charge is 0.333 e. The molecule has 1 unspecified atom stereocenters. The van der Waals surface area contributed by atoms with Crippen molar-refractivity contribution in [2.45, 2.75) is 32.9 Å². The normalized spacial score (nSPS) is 12.6. The molecule has 0 amide bonds. The minimum Gasteiger partial charge on any atom is -0.333 e. The predicted molar refractivity (Wildman–Crippen MR) is 82.1 cm³/mol. The first-order valence-electron chi connectivity index (χ1n) is 6.86. The van der Waals surface area contributed by atoms with E-state index in [2.05, 4.69) is 37.7 Å². The predicted octanol–water partition coefficient (Wildman–Crippen LogP) is 3.89. The molecule has 0 aliphatic heterocycles. The summed E-state index contributed by atoms with van der Waals surface area (Å²) in [6.45, 7) is 5.76. The van der Waals surface area contributed by atoms with Gasteiger partial charge in [0.2, 0.25) is 0 Å². The van der Waals surface area contributed by atoms with Crippen molar-refractivity contribution >= 4 is 15.9 Å². The maximum Gasteiger partial charge on any atom is 0.130 e. The van der Waals surface area contributed by atoms with Gasteiger partial charge in [0.25, 0.3) is 0 Å². The lowest BCUT2D eigenvalue weighted by Gasteiger charge is -2.20. The summed E-state index contributed by atoms with van der Waals surface area (Å²) in [6.07, 6.45) is 4.73. The van der Waals surface area contributed by atoms with Crippen molar-refractivity contribution in [1.82, 2.24) is 14.9 Å². The van der Waals surface area contributed by atoms with Gasteiger partial charge < -0.3 is 9.88 Å². The van der Waals surface area contributed by atoms with Crippen LogP contribution in [0, 0.1) is 5.82 Å². The molecule has 2 aromatic rings. The second kappa shape index (κ2) is 6.99. The molecule has 0 aliphatic carbocycles. The number of hydrogen-bond acceptors (Lipinski definition) is 2. The Hall–Kier alpha value is -1.20. The number of aromatic nitrogens is 2. The topological polar surface area (TPSA) is 29.9 Å². The summed E-state index contributed by atoms with van der Waals surface area (Å²) in [6, 6.07) is 4.93. The summed E-state index contributed by atoms with van der Waals surface area (Å²) in [5.41, 5.74) is 0.624. The fourth-order valence-corrected chi connectivity index (χ4v) is 2.62. The number of benzene rings is 1. The SMILES string of the molecule is CCCn1ccnc1C(NCC)c1ccc(Br)cc1F. The third-order valence-electron chi connectivity index (χ3n) is 3.15. The maximum absolute atomic E-state index is 14.2. The van der Waals surface area contributed by atoms with Crippen molar-refractivity contribution in [2.75, 3.05) is 6.54 Å². The smallest absolute Gasteiger partial charge is 0.130 e. The molecule has 108 valence electrons. The average molecular weight is 340 g/mol. The molecule has 5 heteroatoms. The lowest BCUT2D eigenvalue weighted by atomic mass is 10.1. The highest BCUT2D eigenvalue weighted by Gasteiger charge is 2.21. The average Bonchev–Trinajstić information content (AvgIpc) is 2.85. The number of halogens is 2. The van der Waals surface area contributed by atoms with Crippen molar-refractivity contribution in [3.63, 3.8) is 0 Å². The molecule has 0 saturated heterocycles. The van der Waals surface area contributed by atoms with E-state index in [0.29, 0.717) is 5.56 Å². The molecule has 1 aromatic carbocycles. The zero-order chi connectivity index (χ0) is 14.5. The van der Waals surface area contributed by atoms with Gasteiger partial charge >= 0.3 is 0 Å². The Kier molecular flexibility index (Phi) is 5.31. The van der Waals surface area contributed by atoms with Crippen LogP contribution in [0.3, 0.4) is 0 Å². The van der Waals surface area contributed by atoms with Crippen LogP contribution in [0.1, 0.15) is 37.7 Å². The molecule has 0 bridgehead atoms. The fraction of sp³-hybridized carbons (Fsp3) is 0.400. The van der Waals surface area contributed by atoms with Crippen LogP contribution < -0.4 is 5.32 Å². The first-order chi connectivity index (χ1) is 9.67. The minimum atomic E-state index is -0.227. The summed E-state index contributed by atoms with van der Waals surface area (Å²) in [5, 5.41) is 3.32. The zero-order valence-corrected chi connectivity index (χ0v) is 13.3. The van der Waals surface area contributed by atoms with E-state index in [9.17, 15) is 4.39 Å². The quantitative estimate of drug-likeness (QED) is 0.865. The molecule has 2 rings (SSSR count). The van der Waals surface area contributed by atoms with Gasteiger partial charge in [0, 0.05) is 29.0 Å². The Morgan fingerprint density at radius 2 is 2.20 bits per heavy atom. The van der Waals surface area contributed by atoms with E-state index >= 15 is 0 Å². The number of rotatable bonds is 6. The van der Waals surface area contributed by atoms with Gasteiger partial charge in [-0.2, -0.15) is 0 Å². The first-order valence-corrected chi connectivity index (χ1v) is 7.66. The molecule has 0 aliphatic rings. The van der Waals surface area contributed by atoms with E-state index < -0.39 is 0 Å². The molecule has 1 N–H and O–H groups in total. The number of aryl methyl sites for hydroxylation is 1. The van der Waals surface area contributed by atoms with Gasteiger partial charge in [0.1, 0.15) is 11.6 Å². The standard InChI is InChI=1S/C15H19BrFN3/c1-3-8-20-9-7-19-15(20)14(18-4-2)12-6-5-11(16)10-13(12)17/h5-7,9-10,14,18H,3-4,8H2,1-2H3. The van der Waals surface area contributed by atoms with Gasteiger partial charge in [-0.3, -0.25) is 0 Å². The first kappa shape index (κ1) is 15.2. The molecule has 20 heavy (non-hydrogen) atoms. The van der Waals surface area contributed by atoms with Crippen molar-refractivity contribution in [3.05, 3.63) is 52.3 Å². The Morgan fingerprint density at radius 1 is 1.40 bits per heavy atom. The van der Waals surface area contributed by atoms with E-state index in [4.69, 9.17) is 0 Å². The van der Waals surface area contributed by atoms with Gasteiger partial charge in [-0.1, -0.05) is 35.8 Å². The highest BCUT2D eigenvalue weighted by atomic mass is 79.9. The summed E-state index contributed by atoms with van der Waals surface area (Å²) in [7, 11) is 0. The van der Waals surface area contributed by atoms with Crippen LogP contribution in [0.4, 0.5) is 4.39 Å². The molecule has 1 atom stereocenters. The van der Waals surface area contributed by atoms with Crippen LogP contribution in [0.25, 0.3) is 0 Å². The highest BCUT2D eigenvalue weighted by molar-refractivity contribution is 9.10. The lowest BCUT2D eigenvalue weighted by Crippen LogP contribution is -2.26. The summed E-state index contributed by atoms with van der Waals surface area (Å²) in [4.78, 5) is 4.42. The number of imidazole rings is 1.